The summed E-state index contributed by atoms with van der Waals surface area (Å²) in [5.41, 5.74) is 0.200. The summed E-state index contributed by atoms with van der Waals surface area (Å²) in [4.78, 5) is 27.1. The molecule has 1 saturated heterocycles. The molecule has 138 valence electrons. The van der Waals surface area contributed by atoms with Gasteiger partial charge in [-0.3, -0.25) is 0 Å². The molecule has 1 aliphatic rings. The Labute approximate surface area is 149 Å². The van der Waals surface area contributed by atoms with E-state index < -0.39 is 11.5 Å². The highest BCUT2D eigenvalue weighted by Gasteiger charge is 2.43. The van der Waals surface area contributed by atoms with E-state index in [-0.39, 0.29) is 5.97 Å². The van der Waals surface area contributed by atoms with Crippen molar-refractivity contribution < 1.29 is 19.1 Å². The number of carbonyl (C=O) groups excluding carboxylic acids is 2. The van der Waals surface area contributed by atoms with E-state index in [1.807, 2.05) is 6.07 Å². The maximum Gasteiger partial charge on any atom is 0.340 e. The fourth-order valence-electron chi connectivity index (χ4n) is 3.23. The van der Waals surface area contributed by atoms with E-state index in [2.05, 4.69) is 24.1 Å². The lowest BCUT2D eigenvalue weighted by molar-refractivity contribution is -0.148. The van der Waals surface area contributed by atoms with Gasteiger partial charge >= 0.3 is 11.9 Å². The Morgan fingerprint density at radius 2 is 1.88 bits per heavy atom. The van der Waals surface area contributed by atoms with Gasteiger partial charge in [-0.25, -0.2) is 9.59 Å². The number of hydrogen-bond acceptors (Lipinski definition) is 6. The number of carbonyl (C=O) groups is 2. The van der Waals surface area contributed by atoms with Gasteiger partial charge in [0, 0.05) is 24.8 Å². The molecule has 6 nitrogen and oxygen atoms in total. The van der Waals surface area contributed by atoms with Crippen molar-refractivity contribution in [2.45, 2.75) is 45.2 Å². The molecule has 1 N–H and O–H groups in total. The van der Waals surface area contributed by atoms with E-state index in [1.165, 1.54) is 7.11 Å². The first-order chi connectivity index (χ1) is 11.9. The van der Waals surface area contributed by atoms with Crippen molar-refractivity contribution in [1.82, 2.24) is 4.90 Å². The van der Waals surface area contributed by atoms with Crippen molar-refractivity contribution in [2.24, 2.45) is 0 Å². The van der Waals surface area contributed by atoms with E-state index in [4.69, 9.17) is 9.47 Å². The van der Waals surface area contributed by atoms with Crippen LogP contribution in [0, 0.1) is 0 Å². The first-order valence-corrected chi connectivity index (χ1v) is 8.80. The van der Waals surface area contributed by atoms with E-state index >= 15 is 0 Å². The molecule has 0 unspecified atom stereocenters. The molecule has 2 rings (SSSR count). The fourth-order valence-corrected chi connectivity index (χ4v) is 3.23. The third-order valence-electron chi connectivity index (χ3n) is 4.75. The van der Waals surface area contributed by atoms with Gasteiger partial charge in [-0.1, -0.05) is 12.1 Å². The van der Waals surface area contributed by atoms with E-state index in [9.17, 15) is 9.59 Å². The van der Waals surface area contributed by atoms with Crippen molar-refractivity contribution in [3.63, 3.8) is 0 Å². The van der Waals surface area contributed by atoms with Gasteiger partial charge in [0.1, 0.15) is 5.54 Å². The third kappa shape index (κ3) is 4.31. The quantitative estimate of drug-likeness (QED) is 0.797. The Balaban J connectivity index is 2.28. The van der Waals surface area contributed by atoms with Gasteiger partial charge in [0.2, 0.25) is 0 Å². The number of nitrogens with zero attached hydrogens (tertiary/aromatic N) is 1. The average molecular weight is 348 g/mol. The first kappa shape index (κ1) is 19.2. The summed E-state index contributed by atoms with van der Waals surface area (Å²) in [6.45, 7) is 7.95. The van der Waals surface area contributed by atoms with Crippen LogP contribution in [0.4, 0.5) is 5.69 Å². The highest BCUT2D eigenvalue weighted by Crippen LogP contribution is 2.31. The number of methoxy groups -OCH3 is 1. The SMILES string of the molecule is CCOC(=O)c1ccccc1NC1(C(=O)OC)CCN(C(C)C)CC1. The van der Waals surface area contributed by atoms with Crippen LogP contribution in [-0.2, 0) is 14.3 Å². The predicted octanol–water partition coefficient (Wildman–Crippen LogP) is 2.69. The Morgan fingerprint density at radius 1 is 1.24 bits per heavy atom. The third-order valence-corrected chi connectivity index (χ3v) is 4.75. The van der Waals surface area contributed by atoms with Crippen LogP contribution in [0.25, 0.3) is 0 Å². The molecule has 1 aliphatic heterocycles. The second-order valence-corrected chi connectivity index (χ2v) is 6.59. The van der Waals surface area contributed by atoms with Crippen molar-refractivity contribution in [2.75, 3.05) is 32.1 Å². The van der Waals surface area contributed by atoms with Gasteiger partial charge in [-0.15, -0.1) is 0 Å². The molecule has 1 aromatic carbocycles. The van der Waals surface area contributed by atoms with Gasteiger partial charge in [0.15, 0.2) is 0 Å². The van der Waals surface area contributed by atoms with E-state index in [0.29, 0.717) is 36.7 Å². The molecule has 0 bridgehead atoms. The van der Waals surface area contributed by atoms with Gasteiger partial charge in [-0.05, 0) is 45.7 Å². The molecule has 1 heterocycles. The summed E-state index contributed by atoms with van der Waals surface area (Å²) in [6.07, 6.45) is 1.24. The lowest BCUT2D eigenvalue weighted by atomic mass is 9.86. The molecule has 0 aromatic heterocycles. The maximum absolute atomic E-state index is 12.6. The number of nitrogens with one attached hydrogen (secondary N) is 1. The average Bonchev–Trinajstić information content (AvgIpc) is 2.62. The lowest BCUT2D eigenvalue weighted by Gasteiger charge is -2.42. The molecule has 25 heavy (non-hydrogen) atoms. The summed E-state index contributed by atoms with van der Waals surface area (Å²) in [6, 6.07) is 7.55. The normalized spacial score (nSPS) is 17.2. The molecule has 0 aliphatic carbocycles. The zero-order valence-corrected chi connectivity index (χ0v) is 15.5. The van der Waals surface area contributed by atoms with Gasteiger partial charge in [-0.2, -0.15) is 0 Å². The van der Waals surface area contributed by atoms with Crippen LogP contribution in [0.2, 0.25) is 0 Å². The summed E-state index contributed by atoms with van der Waals surface area (Å²) in [5.74, 6) is -0.695. The number of anilines is 1. The van der Waals surface area contributed by atoms with Crippen molar-refractivity contribution in [3.05, 3.63) is 29.8 Å². The molecule has 1 aromatic rings. The van der Waals surface area contributed by atoms with E-state index in [1.54, 1.807) is 25.1 Å². The molecule has 0 spiro atoms. The molecular formula is C19H28N2O4. The van der Waals surface area contributed by atoms with Gasteiger partial charge in [0.05, 0.1) is 19.3 Å². The van der Waals surface area contributed by atoms with Gasteiger partial charge in [0.25, 0.3) is 0 Å². The Kier molecular flexibility index (Phi) is 6.42. The first-order valence-electron chi connectivity index (χ1n) is 8.80. The number of rotatable bonds is 6. The van der Waals surface area contributed by atoms with Crippen LogP contribution in [0.1, 0.15) is 44.0 Å². The minimum Gasteiger partial charge on any atom is -0.467 e. The minimum absolute atomic E-state index is 0.297. The number of piperidine rings is 1. The molecule has 6 heteroatoms. The van der Waals surface area contributed by atoms with Crippen LogP contribution in [0.5, 0.6) is 0 Å². The molecule has 0 radical (unpaired) electrons. The monoisotopic (exact) mass is 348 g/mol. The number of para-hydroxylation sites is 1. The highest BCUT2D eigenvalue weighted by molar-refractivity contribution is 5.97. The zero-order chi connectivity index (χ0) is 18.4. The molecule has 0 atom stereocenters. The van der Waals surface area contributed by atoms with Crippen LogP contribution in [-0.4, -0.2) is 55.2 Å². The summed E-state index contributed by atoms with van der Waals surface area (Å²) < 4.78 is 10.2. The van der Waals surface area contributed by atoms with Crippen molar-refractivity contribution in [3.8, 4) is 0 Å². The number of benzene rings is 1. The van der Waals surface area contributed by atoms with Crippen LogP contribution >= 0.6 is 0 Å². The molecule has 0 amide bonds. The topological polar surface area (TPSA) is 67.9 Å². The Hall–Kier alpha value is -2.08. The Bertz CT molecular complexity index is 607. The predicted molar refractivity (Wildman–Crippen MR) is 96.7 cm³/mol. The largest absolute Gasteiger partial charge is 0.467 e. The maximum atomic E-state index is 12.6. The second kappa shape index (κ2) is 8.34. The molecule has 0 saturated carbocycles. The number of esters is 2. The highest BCUT2D eigenvalue weighted by atomic mass is 16.5. The lowest BCUT2D eigenvalue weighted by Crippen LogP contribution is -2.56. The fraction of sp³-hybridized carbons (Fsp3) is 0.579. The minimum atomic E-state index is -0.831. The summed E-state index contributed by atoms with van der Waals surface area (Å²) in [7, 11) is 1.40. The molecular weight excluding hydrogens is 320 g/mol. The molecule has 1 fully saturated rings. The van der Waals surface area contributed by atoms with Crippen molar-refractivity contribution in [1.29, 1.82) is 0 Å². The van der Waals surface area contributed by atoms with Crippen LogP contribution < -0.4 is 5.32 Å². The number of hydrogen-bond donors (Lipinski definition) is 1. The summed E-state index contributed by atoms with van der Waals surface area (Å²) in [5, 5.41) is 3.31. The van der Waals surface area contributed by atoms with Crippen molar-refractivity contribution >= 4 is 17.6 Å². The smallest absolute Gasteiger partial charge is 0.340 e. The zero-order valence-electron chi connectivity index (χ0n) is 15.5. The summed E-state index contributed by atoms with van der Waals surface area (Å²) >= 11 is 0. The number of likely N-dealkylation sites (tertiary alicyclic amines) is 1. The van der Waals surface area contributed by atoms with Crippen LogP contribution in [0.3, 0.4) is 0 Å². The van der Waals surface area contributed by atoms with Gasteiger partial charge < -0.3 is 19.7 Å². The van der Waals surface area contributed by atoms with Crippen LogP contribution in [0.15, 0.2) is 24.3 Å². The second-order valence-electron chi connectivity index (χ2n) is 6.59. The standard InChI is InChI=1S/C19H28N2O4/c1-5-25-17(22)15-8-6-7-9-16(15)20-19(18(23)24-4)10-12-21(13-11-19)14(2)3/h6-9,14,20H,5,10-13H2,1-4H3. The number of ether oxygens (including phenoxy) is 2. The Morgan fingerprint density at radius 3 is 2.44 bits per heavy atom. The van der Waals surface area contributed by atoms with E-state index in [0.717, 1.165) is 13.1 Å².